The molecule has 0 radical (unpaired) electrons. The van der Waals surface area contributed by atoms with Crippen LogP contribution in [0.25, 0.3) is 5.76 Å². The third kappa shape index (κ3) is 4.98. The number of aryl methyl sites for hydroxylation is 1. The highest BCUT2D eigenvalue weighted by Gasteiger charge is 2.46. The Bertz CT molecular complexity index is 1290. The molecule has 1 saturated heterocycles. The molecule has 1 amide bonds. The zero-order valence-electron chi connectivity index (χ0n) is 21.2. The van der Waals surface area contributed by atoms with E-state index in [2.05, 4.69) is 0 Å². The summed E-state index contributed by atoms with van der Waals surface area (Å²) in [5, 5.41) is 11.4. The number of carbonyl (C=O) groups excluding carboxylic acids is 2. The standard InChI is InChI=1S/C30H31NO5/c1-18(2)35-24-14-12-23(13-15-24)31-27(21-9-7-6-8-10-21)26(29(33)30(31)34)28(32)22-11-16-25(20(5)17-22)36-19(3)4/h6-19,27,32H,1-5H3/b28-26-. The molecular formula is C30H31NO5. The van der Waals surface area contributed by atoms with Crippen LogP contribution in [0.1, 0.15) is 50.4 Å². The van der Waals surface area contributed by atoms with E-state index in [1.165, 1.54) is 4.90 Å². The molecule has 3 aromatic rings. The minimum absolute atomic E-state index is 0.00359. The molecule has 1 N–H and O–H groups in total. The maximum absolute atomic E-state index is 13.3. The van der Waals surface area contributed by atoms with Gasteiger partial charge in [-0.2, -0.15) is 0 Å². The van der Waals surface area contributed by atoms with Crippen LogP contribution in [0.3, 0.4) is 0 Å². The van der Waals surface area contributed by atoms with Gasteiger partial charge in [-0.05, 0) is 88.2 Å². The number of hydrogen-bond acceptors (Lipinski definition) is 5. The van der Waals surface area contributed by atoms with Gasteiger partial charge in [0.15, 0.2) is 0 Å². The van der Waals surface area contributed by atoms with Crippen molar-refractivity contribution in [3.05, 3.63) is 95.1 Å². The Morgan fingerprint density at radius 1 is 0.861 bits per heavy atom. The maximum atomic E-state index is 13.3. The largest absolute Gasteiger partial charge is 0.507 e. The summed E-state index contributed by atoms with van der Waals surface area (Å²) >= 11 is 0. The van der Waals surface area contributed by atoms with Gasteiger partial charge >= 0.3 is 0 Å². The highest BCUT2D eigenvalue weighted by Crippen LogP contribution is 2.42. The average Bonchev–Trinajstić information content (AvgIpc) is 3.11. The first-order chi connectivity index (χ1) is 17.2. The molecule has 36 heavy (non-hydrogen) atoms. The predicted molar refractivity (Wildman–Crippen MR) is 140 cm³/mol. The van der Waals surface area contributed by atoms with Crippen molar-refractivity contribution in [1.29, 1.82) is 0 Å². The van der Waals surface area contributed by atoms with Gasteiger partial charge in [0, 0.05) is 11.3 Å². The summed E-state index contributed by atoms with van der Waals surface area (Å²) in [6.07, 6.45) is 0.0130. The Labute approximate surface area is 211 Å². The van der Waals surface area contributed by atoms with Gasteiger partial charge in [0.25, 0.3) is 11.7 Å². The fraction of sp³-hybridized carbons (Fsp3) is 0.267. The number of aliphatic hydroxyl groups is 1. The Hall–Kier alpha value is -4.06. The first kappa shape index (κ1) is 25.0. The van der Waals surface area contributed by atoms with Crippen LogP contribution in [0.2, 0.25) is 0 Å². The lowest BCUT2D eigenvalue weighted by Crippen LogP contribution is -2.29. The van der Waals surface area contributed by atoms with Crippen LogP contribution in [0.15, 0.2) is 78.4 Å². The second-order valence-electron chi connectivity index (χ2n) is 9.39. The number of benzene rings is 3. The number of carbonyl (C=O) groups is 2. The number of amides is 1. The van der Waals surface area contributed by atoms with Gasteiger partial charge in [-0.15, -0.1) is 0 Å². The lowest BCUT2D eigenvalue weighted by atomic mass is 9.94. The van der Waals surface area contributed by atoms with Gasteiger partial charge in [0.2, 0.25) is 0 Å². The van der Waals surface area contributed by atoms with Crippen LogP contribution in [-0.4, -0.2) is 29.0 Å². The molecule has 1 aliphatic heterocycles. The molecule has 0 spiro atoms. The van der Waals surface area contributed by atoms with E-state index in [-0.39, 0.29) is 23.5 Å². The summed E-state index contributed by atoms with van der Waals surface area (Å²) < 4.78 is 11.5. The van der Waals surface area contributed by atoms with E-state index in [4.69, 9.17) is 9.47 Å². The minimum atomic E-state index is -0.782. The molecule has 0 saturated carbocycles. The third-order valence-electron chi connectivity index (χ3n) is 5.86. The van der Waals surface area contributed by atoms with Gasteiger partial charge in [-0.1, -0.05) is 30.3 Å². The smallest absolute Gasteiger partial charge is 0.300 e. The van der Waals surface area contributed by atoms with E-state index in [1.54, 1.807) is 42.5 Å². The molecule has 6 heteroatoms. The zero-order valence-corrected chi connectivity index (χ0v) is 21.2. The average molecular weight is 486 g/mol. The number of Topliss-reactive ketones (excluding diaryl/α,β-unsaturated/α-hetero) is 1. The van der Waals surface area contributed by atoms with Crippen molar-refractivity contribution in [1.82, 2.24) is 0 Å². The van der Waals surface area contributed by atoms with Crippen molar-refractivity contribution in [2.45, 2.75) is 52.9 Å². The SMILES string of the molecule is Cc1cc(/C(O)=C2/C(=O)C(=O)N(c3ccc(OC(C)C)cc3)C2c2ccccc2)ccc1OC(C)C. The Kier molecular flexibility index (Phi) is 7.15. The van der Waals surface area contributed by atoms with Crippen molar-refractivity contribution in [3.8, 4) is 11.5 Å². The fourth-order valence-electron chi connectivity index (χ4n) is 4.35. The van der Waals surface area contributed by atoms with E-state index in [0.29, 0.717) is 22.7 Å². The van der Waals surface area contributed by atoms with Crippen LogP contribution in [0.5, 0.6) is 11.5 Å². The number of aliphatic hydroxyl groups excluding tert-OH is 1. The summed E-state index contributed by atoms with van der Waals surface area (Å²) in [6, 6.07) is 20.7. The normalized spacial score (nSPS) is 17.2. The molecule has 6 nitrogen and oxygen atoms in total. The van der Waals surface area contributed by atoms with E-state index >= 15 is 0 Å². The van der Waals surface area contributed by atoms with Crippen molar-refractivity contribution in [2.75, 3.05) is 4.90 Å². The maximum Gasteiger partial charge on any atom is 0.300 e. The quantitative estimate of drug-likeness (QED) is 0.245. The Morgan fingerprint density at radius 3 is 2.08 bits per heavy atom. The van der Waals surface area contributed by atoms with Crippen molar-refractivity contribution >= 4 is 23.1 Å². The number of ether oxygens (including phenoxy) is 2. The van der Waals surface area contributed by atoms with Gasteiger partial charge in [0.1, 0.15) is 17.3 Å². The second kappa shape index (κ2) is 10.3. The van der Waals surface area contributed by atoms with E-state index < -0.39 is 17.7 Å². The lowest BCUT2D eigenvalue weighted by Gasteiger charge is -2.25. The summed E-state index contributed by atoms with van der Waals surface area (Å²) in [7, 11) is 0. The minimum Gasteiger partial charge on any atom is -0.507 e. The molecule has 1 heterocycles. The van der Waals surface area contributed by atoms with Crippen molar-refractivity contribution in [2.24, 2.45) is 0 Å². The Balaban J connectivity index is 1.82. The number of hydrogen-bond donors (Lipinski definition) is 1. The molecule has 0 aliphatic carbocycles. The summed E-state index contributed by atoms with van der Waals surface area (Å²) in [5.41, 5.74) is 2.57. The van der Waals surface area contributed by atoms with E-state index in [1.807, 2.05) is 65.0 Å². The molecule has 1 unspecified atom stereocenters. The van der Waals surface area contributed by atoms with Crippen molar-refractivity contribution in [3.63, 3.8) is 0 Å². The first-order valence-electron chi connectivity index (χ1n) is 12.1. The molecule has 1 fully saturated rings. The molecule has 186 valence electrons. The number of nitrogens with zero attached hydrogens (tertiary/aromatic N) is 1. The van der Waals surface area contributed by atoms with Crippen LogP contribution in [0, 0.1) is 6.92 Å². The highest BCUT2D eigenvalue weighted by atomic mass is 16.5. The molecular weight excluding hydrogens is 454 g/mol. The van der Waals surface area contributed by atoms with Gasteiger partial charge < -0.3 is 14.6 Å². The molecule has 0 bridgehead atoms. The van der Waals surface area contributed by atoms with E-state index in [9.17, 15) is 14.7 Å². The molecule has 1 aliphatic rings. The fourth-order valence-corrected chi connectivity index (χ4v) is 4.35. The van der Waals surface area contributed by atoms with Crippen LogP contribution in [-0.2, 0) is 9.59 Å². The molecule has 4 rings (SSSR count). The molecule has 1 atom stereocenters. The summed E-state index contributed by atoms with van der Waals surface area (Å²) in [5.74, 6) is -0.279. The highest BCUT2D eigenvalue weighted by molar-refractivity contribution is 6.51. The lowest BCUT2D eigenvalue weighted by molar-refractivity contribution is -0.132. The second-order valence-corrected chi connectivity index (χ2v) is 9.39. The number of rotatable bonds is 7. The Morgan fingerprint density at radius 2 is 1.50 bits per heavy atom. The van der Waals surface area contributed by atoms with Crippen LogP contribution < -0.4 is 14.4 Å². The van der Waals surface area contributed by atoms with Gasteiger partial charge in [-0.3, -0.25) is 14.5 Å². The molecule has 3 aromatic carbocycles. The summed E-state index contributed by atoms with van der Waals surface area (Å²) in [6.45, 7) is 9.63. The van der Waals surface area contributed by atoms with E-state index in [0.717, 1.165) is 11.1 Å². The van der Waals surface area contributed by atoms with Crippen LogP contribution in [0.4, 0.5) is 5.69 Å². The topological polar surface area (TPSA) is 76.1 Å². The van der Waals surface area contributed by atoms with Gasteiger partial charge in [-0.25, -0.2) is 0 Å². The zero-order chi connectivity index (χ0) is 26.0. The third-order valence-corrected chi connectivity index (χ3v) is 5.86. The van der Waals surface area contributed by atoms with Crippen molar-refractivity contribution < 1.29 is 24.2 Å². The van der Waals surface area contributed by atoms with Gasteiger partial charge in [0.05, 0.1) is 23.8 Å². The number of anilines is 1. The molecule has 0 aromatic heterocycles. The first-order valence-corrected chi connectivity index (χ1v) is 12.1. The monoisotopic (exact) mass is 485 g/mol. The number of ketones is 1. The van der Waals surface area contributed by atoms with Crippen LogP contribution >= 0.6 is 0 Å². The predicted octanol–water partition coefficient (Wildman–Crippen LogP) is 6.20. The summed E-state index contributed by atoms with van der Waals surface area (Å²) in [4.78, 5) is 28.1.